The molecule has 0 saturated carbocycles. The normalized spacial score (nSPS) is 14.7. The van der Waals surface area contributed by atoms with Crippen LogP contribution in [-0.2, 0) is 11.3 Å². The highest BCUT2D eigenvalue weighted by atomic mass is 127. The number of methoxy groups -OCH3 is 3. The Hall–Kier alpha value is -1.91. The van der Waals surface area contributed by atoms with E-state index in [-0.39, 0.29) is 29.9 Å². The van der Waals surface area contributed by atoms with E-state index in [0.717, 1.165) is 37.5 Å². The average Bonchev–Trinajstić information content (AvgIpc) is 2.74. The van der Waals surface area contributed by atoms with Crippen LogP contribution in [0.25, 0.3) is 0 Å². The molecule has 1 saturated heterocycles. The topological polar surface area (TPSA) is 84.4 Å². The van der Waals surface area contributed by atoms with Crippen molar-refractivity contribution in [2.75, 3.05) is 48.5 Å². The first-order valence-electron chi connectivity index (χ1n) is 9.51. The van der Waals surface area contributed by atoms with Gasteiger partial charge in [-0.2, -0.15) is 0 Å². The van der Waals surface area contributed by atoms with E-state index in [1.807, 2.05) is 12.1 Å². The number of nitrogens with zero attached hydrogens (tertiary/aromatic N) is 2. The first-order valence-corrected chi connectivity index (χ1v) is 9.51. The predicted molar refractivity (Wildman–Crippen MR) is 125 cm³/mol. The molecule has 0 atom stereocenters. The Labute approximate surface area is 190 Å². The van der Waals surface area contributed by atoms with Gasteiger partial charge < -0.3 is 29.7 Å². The zero-order valence-electron chi connectivity index (χ0n) is 17.9. The Morgan fingerprint density at radius 2 is 1.79 bits per heavy atom. The summed E-state index contributed by atoms with van der Waals surface area (Å²) in [5.74, 6) is 3.24. The van der Waals surface area contributed by atoms with Gasteiger partial charge in [-0.15, -0.1) is 24.0 Å². The lowest BCUT2D eigenvalue weighted by Crippen LogP contribution is -2.45. The van der Waals surface area contributed by atoms with Crippen LogP contribution in [-0.4, -0.2) is 65.3 Å². The highest BCUT2D eigenvalue weighted by Crippen LogP contribution is 2.39. The molecular weight excluding hydrogens is 487 g/mol. The molecule has 164 valence electrons. The summed E-state index contributed by atoms with van der Waals surface area (Å²) in [5.41, 5.74) is 0.954. The van der Waals surface area contributed by atoms with Crippen LogP contribution >= 0.6 is 24.0 Å². The smallest absolute Gasteiger partial charge is 0.220 e. The van der Waals surface area contributed by atoms with Crippen molar-refractivity contribution in [2.45, 2.75) is 25.8 Å². The van der Waals surface area contributed by atoms with Crippen molar-refractivity contribution in [3.05, 3.63) is 17.7 Å². The molecule has 2 rings (SSSR count). The number of rotatable bonds is 7. The molecule has 1 fully saturated rings. The van der Waals surface area contributed by atoms with E-state index in [2.05, 4.69) is 20.5 Å². The molecule has 29 heavy (non-hydrogen) atoms. The highest BCUT2D eigenvalue weighted by molar-refractivity contribution is 14.0. The summed E-state index contributed by atoms with van der Waals surface area (Å²) in [6, 6.07) is 3.82. The van der Waals surface area contributed by atoms with Crippen LogP contribution in [0.5, 0.6) is 17.2 Å². The number of aliphatic imine (C=N–C) groups is 1. The van der Waals surface area contributed by atoms with E-state index in [1.165, 1.54) is 0 Å². The van der Waals surface area contributed by atoms with Gasteiger partial charge in [0.15, 0.2) is 17.5 Å². The minimum Gasteiger partial charge on any atom is -0.493 e. The van der Waals surface area contributed by atoms with Crippen molar-refractivity contribution in [1.82, 2.24) is 15.5 Å². The average molecular weight is 520 g/mol. The molecule has 0 aliphatic carbocycles. The molecule has 0 spiro atoms. The monoisotopic (exact) mass is 520 g/mol. The van der Waals surface area contributed by atoms with Gasteiger partial charge in [-0.3, -0.25) is 9.79 Å². The number of amides is 1. The first kappa shape index (κ1) is 25.1. The third-order valence-electron chi connectivity index (χ3n) is 5.10. The lowest BCUT2D eigenvalue weighted by atomic mass is 9.93. The molecule has 0 aromatic heterocycles. The molecule has 1 aliphatic rings. The number of hydrogen-bond donors (Lipinski definition) is 2. The van der Waals surface area contributed by atoms with Crippen LogP contribution in [0.15, 0.2) is 17.1 Å². The largest absolute Gasteiger partial charge is 0.493 e. The van der Waals surface area contributed by atoms with Gasteiger partial charge in [0.05, 0.1) is 21.3 Å². The molecule has 0 bridgehead atoms. The standard InChI is InChI=1S/C20H32N4O4.HI/c1-21-17(25)12-14-8-10-24(11-9-14)20(22-2)23-13-15-6-7-16(26-3)19(28-5)18(15)27-4;/h6-7,14H,8-13H2,1-5H3,(H,21,25)(H,22,23);1H. The number of piperidine rings is 1. The van der Waals surface area contributed by atoms with Gasteiger partial charge in [0, 0.05) is 45.7 Å². The van der Waals surface area contributed by atoms with Crippen LogP contribution in [0.3, 0.4) is 0 Å². The second-order valence-electron chi connectivity index (χ2n) is 6.70. The van der Waals surface area contributed by atoms with Crippen molar-refractivity contribution >= 4 is 35.8 Å². The summed E-state index contributed by atoms with van der Waals surface area (Å²) < 4.78 is 16.3. The van der Waals surface area contributed by atoms with Crippen molar-refractivity contribution in [2.24, 2.45) is 10.9 Å². The van der Waals surface area contributed by atoms with Gasteiger partial charge in [-0.25, -0.2) is 0 Å². The van der Waals surface area contributed by atoms with E-state index in [4.69, 9.17) is 14.2 Å². The Kier molecular flexibility index (Phi) is 10.9. The van der Waals surface area contributed by atoms with E-state index < -0.39 is 0 Å². The molecule has 1 heterocycles. The lowest BCUT2D eigenvalue weighted by Gasteiger charge is -2.34. The summed E-state index contributed by atoms with van der Waals surface area (Å²) in [5, 5.41) is 6.11. The molecular formula is C20H33IN4O4. The molecule has 1 aromatic carbocycles. The predicted octanol–water partition coefficient (Wildman–Crippen LogP) is 2.25. The van der Waals surface area contributed by atoms with Crippen LogP contribution in [0.4, 0.5) is 0 Å². The van der Waals surface area contributed by atoms with Crippen LogP contribution in [0.1, 0.15) is 24.8 Å². The maximum Gasteiger partial charge on any atom is 0.220 e. The Bertz CT molecular complexity index is 691. The van der Waals surface area contributed by atoms with Gasteiger partial charge in [-0.1, -0.05) is 0 Å². The molecule has 0 unspecified atom stereocenters. The van der Waals surface area contributed by atoms with Gasteiger partial charge in [0.25, 0.3) is 0 Å². The second kappa shape index (κ2) is 12.6. The Morgan fingerprint density at radius 1 is 1.14 bits per heavy atom. The minimum atomic E-state index is 0. The molecule has 1 aliphatic heterocycles. The first-order chi connectivity index (χ1) is 13.6. The van der Waals surface area contributed by atoms with Crippen molar-refractivity contribution in [3.63, 3.8) is 0 Å². The van der Waals surface area contributed by atoms with Crippen molar-refractivity contribution in [1.29, 1.82) is 0 Å². The number of hydrogen-bond acceptors (Lipinski definition) is 5. The van der Waals surface area contributed by atoms with E-state index in [9.17, 15) is 4.79 Å². The highest BCUT2D eigenvalue weighted by Gasteiger charge is 2.23. The maximum absolute atomic E-state index is 11.6. The third-order valence-corrected chi connectivity index (χ3v) is 5.10. The van der Waals surface area contributed by atoms with Crippen LogP contribution < -0.4 is 24.8 Å². The van der Waals surface area contributed by atoms with Gasteiger partial charge in [0.2, 0.25) is 11.7 Å². The van der Waals surface area contributed by atoms with Crippen LogP contribution in [0.2, 0.25) is 0 Å². The zero-order chi connectivity index (χ0) is 20.5. The number of nitrogens with one attached hydrogen (secondary N) is 2. The molecule has 1 amide bonds. The number of likely N-dealkylation sites (tertiary alicyclic amines) is 1. The van der Waals surface area contributed by atoms with Crippen molar-refractivity contribution < 1.29 is 19.0 Å². The molecule has 1 aromatic rings. The molecule has 8 nitrogen and oxygen atoms in total. The summed E-state index contributed by atoms with van der Waals surface area (Å²) in [4.78, 5) is 18.2. The molecule has 9 heteroatoms. The Morgan fingerprint density at radius 3 is 2.31 bits per heavy atom. The number of benzene rings is 1. The number of carbonyl (C=O) groups excluding carboxylic acids is 1. The van der Waals surface area contributed by atoms with Crippen LogP contribution in [0, 0.1) is 5.92 Å². The zero-order valence-corrected chi connectivity index (χ0v) is 20.2. The minimum absolute atomic E-state index is 0. The number of guanidine groups is 1. The maximum atomic E-state index is 11.6. The van der Waals surface area contributed by atoms with Crippen molar-refractivity contribution in [3.8, 4) is 17.2 Å². The fourth-order valence-corrected chi connectivity index (χ4v) is 3.52. The summed E-state index contributed by atoms with van der Waals surface area (Å²) in [6.45, 7) is 2.31. The van der Waals surface area contributed by atoms with E-state index in [1.54, 1.807) is 35.4 Å². The van der Waals surface area contributed by atoms with Gasteiger partial charge >= 0.3 is 0 Å². The number of ether oxygens (including phenoxy) is 3. The quantitative estimate of drug-likeness (QED) is 0.326. The summed E-state index contributed by atoms with van der Waals surface area (Å²) in [7, 11) is 8.29. The van der Waals surface area contributed by atoms with E-state index in [0.29, 0.717) is 36.1 Å². The summed E-state index contributed by atoms with van der Waals surface area (Å²) >= 11 is 0. The van der Waals surface area contributed by atoms with E-state index >= 15 is 0 Å². The fraction of sp³-hybridized carbons (Fsp3) is 0.600. The second-order valence-corrected chi connectivity index (χ2v) is 6.70. The third kappa shape index (κ3) is 6.55. The summed E-state index contributed by atoms with van der Waals surface area (Å²) in [6.07, 6.45) is 2.56. The van der Waals surface area contributed by atoms with Gasteiger partial charge in [0.1, 0.15) is 0 Å². The lowest BCUT2D eigenvalue weighted by molar-refractivity contribution is -0.121. The number of halogens is 1. The molecule has 2 N–H and O–H groups in total. The fourth-order valence-electron chi connectivity index (χ4n) is 3.52. The Balaban J connectivity index is 0.00000420. The molecule has 0 radical (unpaired) electrons. The number of carbonyl (C=O) groups is 1. The SMILES string of the molecule is CN=C(NCc1ccc(OC)c(OC)c1OC)N1CCC(CC(=O)NC)CC1.I. The van der Waals surface area contributed by atoms with Gasteiger partial charge in [-0.05, 0) is 30.9 Å².